The Morgan fingerprint density at radius 1 is 1.10 bits per heavy atom. The fourth-order valence-electron chi connectivity index (χ4n) is 0.362. The third-order valence-corrected chi connectivity index (χ3v) is 0.762. The summed E-state index contributed by atoms with van der Waals surface area (Å²) in [4.78, 5) is 0. The molecule has 0 rings (SSSR count). The van der Waals surface area contributed by atoms with Crippen molar-refractivity contribution < 1.29 is 44.9 Å². The van der Waals surface area contributed by atoms with Crippen molar-refractivity contribution >= 4 is 7.85 Å². The minimum atomic E-state index is -2.42. The summed E-state index contributed by atoms with van der Waals surface area (Å²) in [5, 5.41) is 25.1. The molecule has 10 heavy (non-hydrogen) atoms. The van der Waals surface area contributed by atoms with Crippen LogP contribution >= 0.6 is 0 Å². The van der Waals surface area contributed by atoms with Gasteiger partial charge in [-0.15, -0.1) is 0 Å². The summed E-state index contributed by atoms with van der Waals surface area (Å²) in [7, 11) is 0.455. The van der Waals surface area contributed by atoms with Gasteiger partial charge < -0.3 is 15.3 Å². The van der Waals surface area contributed by atoms with Crippen LogP contribution in [0.25, 0.3) is 0 Å². The molecule has 0 aliphatic rings. The van der Waals surface area contributed by atoms with E-state index in [1.54, 1.807) is 0 Å². The van der Waals surface area contributed by atoms with Gasteiger partial charge in [0.15, 0.2) is 0 Å². The van der Waals surface area contributed by atoms with Crippen LogP contribution in [0.4, 0.5) is 0 Å². The Morgan fingerprint density at radius 2 is 1.60 bits per heavy atom. The van der Waals surface area contributed by atoms with E-state index in [9.17, 15) is 0 Å². The Bertz CT molecular complexity index is 73.8. The molecule has 0 aliphatic heterocycles. The number of hydrogen-bond donors (Lipinski definition) is 3. The second kappa shape index (κ2) is 6.64. The van der Waals surface area contributed by atoms with Crippen LogP contribution in [0.15, 0.2) is 0 Å². The van der Waals surface area contributed by atoms with E-state index in [0.717, 1.165) is 6.42 Å². The van der Waals surface area contributed by atoms with Gasteiger partial charge in [-0.05, 0) is 14.3 Å². The summed E-state index contributed by atoms with van der Waals surface area (Å²) in [6.45, 7) is 0. The Morgan fingerprint density at radius 3 is 1.90 bits per heavy atom. The molecule has 3 N–H and O–H groups in total. The van der Waals surface area contributed by atoms with Crippen LogP contribution in [0, 0.1) is 0 Å². The summed E-state index contributed by atoms with van der Waals surface area (Å²) < 4.78 is 0. The van der Waals surface area contributed by atoms with Crippen LogP contribution in [-0.4, -0.2) is 29.1 Å². The smallest absolute Gasteiger partial charge is 0.344 e. The monoisotopic (exact) mass is 156 g/mol. The van der Waals surface area contributed by atoms with Crippen molar-refractivity contribution in [1.82, 2.24) is 0 Å². The van der Waals surface area contributed by atoms with Crippen LogP contribution in [0.5, 0.6) is 0 Å². The van der Waals surface area contributed by atoms with Crippen LogP contribution in [0.2, 0.25) is 6.32 Å². The van der Waals surface area contributed by atoms with Crippen molar-refractivity contribution in [1.29, 1.82) is 0 Å². The SMILES string of the molecule is [BH3-]CCCCC(O)(O)O.[Na+]. The van der Waals surface area contributed by atoms with E-state index in [-0.39, 0.29) is 36.0 Å². The third kappa shape index (κ3) is 11.7. The Balaban J connectivity index is 0. The molecule has 0 saturated heterocycles. The minimum Gasteiger partial charge on any atom is -0.344 e. The zero-order chi connectivity index (χ0) is 7.33. The second-order valence-electron chi connectivity index (χ2n) is 1.73. The molecule has 56 valence electrons. The van der Waals surface area contributed by atoms with E-state index in [1.807, 2.05) is 0 Å². The minimum absolute atomic E-state index is 0. The van der Waals surface area contributed by atoms with E-state index in [2.05, 4.69) is 0 Å². The average molecular weight is 156 g/mol. The van der Waals surface area contributed by atoms with E-state index < -0.39 is 5.97 Å². The standard InChI is InChI=1S/C5H14BO3.Na/c6-4-2-1-3-5(7,8)9;/h7-9H,1-4H2,6H3;/q-1;+1. The average Bonchev–Trinajstić information content (AvgIpc) is 1.63. The maximum absolute atomic E-state index is 8.38. The zero-order valence-corrected chi connectivity index (χ0v) is 7.67. The van der Waals surface area contributed by atoms with Crippen LogP contribution in [0.1, 0.15) is 19.3 Å². The van der Waals surface area contributed by atoms with Gasteiger partial charge in [0.2, 0.25) is 0 Å². The Kier molecular flexibility index (Phi) is 8.99. The zero-order valence-electron chi connectivity index (χ0n) is 5.67. The van der Waals surface area contributed by atoms with E-state index in [0.29, 0.717) is 14.3 Å². The van der Waals surface area contributed by atoms with Crippen molar-refractivity contribution in [2.45, 2.75) is 31.6 Å². The van der Waals surface area contributed by atoms with Crippen molar-refractivity contribution in [2.24, 2.45) is 0 Å². The molecule has 0 aromatic heterocycles. The summed E-state index contributed by atoms with van der Waals surface area (Å²) in [5.41, 5.74) is 0. The largest absolute Gasteiger partial charge is 1.00 e. The number of unbranched alkanes of at least 4 members (excludes halogenated alkanes) is 1. The normalized spacial score (nSPS) is 10.8. The van der Waals surface area contributed by atoms with E-state index in [1.165, 1.54) is 6.32 Å². The molecule has 0 fully saturated rings. The van der Waals surface area contributed by atoms with Gasteiger partial charge in [-0.3, -0.25) is 0 Å². The van der Waals surface area contributed by atoms with Gasteiger partial charge in [-0.1, -0.05) is 6.42 Å². The molecule has 3 nitrogen and oxygen atoms in total. The molecule has 0 bridgehead atoms. The predicted octanol–water partition coefficient (Wildman–Crippen LogP) is -4.42. The summed E-state index contributed by atoms with van der Waals surface area (Å²) in [5.74, 6) is -2.42. The topological polar surface area (TPSA) is 60.7 Å². The first kappa shape index (κ1) is 13.5. The molecule has 0 amide bonds. The molecular weight excluding hydrogens is 142 g/mol. The van der Waals surface area contributed by atoms with Gasteiger partial charge in [0.25, 0.3) is 5.97 Å². The molecule has 0 unspecified atom stereocenters. The van der Waals surface area contributed by atoms with Gasteiger partial charge >= 0.3 is 29.6 Å². The molecule has 0 aromatic rings. The van der Waals surface area contributed by atoms with Crippen LogP contribution in [0.3, 0.4) is 0 Å². The molecule has 0 atom stereocenters. The summed E-state index contributed by atoms with van der Waals surface area (Å²) >= 11 is 0. The predicted molar refractivity (Wildman–Crippen MR) is 38.0 cm³/mol. The number of hydrogen-bond acceptors (Lipinski definition) is 3. The van der Waals surface area contributed by atoms with Gasteiger partial charge in [0, 0.05) is 6.42 Å². The molecule has 0 saturated carbocycles. The number of aliphatic hydroxyl groups is 3. The quantitative estimate of drug-likeness (QED) is 0.219. The van der Waals surface area contributed by atoms with E-state index >= 15 is 0 Å². The summed E-state index contributed by atoms with van der Waals surface area (Å²) in [6, 6.07) is 0. The maximum Gasteiger partial charge on any atom is 1.00 e. The van der Waals surface area contributed by atoms with E-state index in [4.69, 9.17) is 15.3 Å². The first-order valence-electron chi connectivity index (χ1n) is 2.52. The first-order chi connectivity index (χ1) is 4.06. The van der Waals surface area contributed by atoms with Crippen molar-refractivity contribution in [3.05, 3.63) is 0 Å². The summed E-state index contributed by atoms with van der Waals surface area (Å²) in [6.07, 6.45) is 3.09. The van der Waals surface area contributed by atoms with Gasteiger partial charge in [-0.25, -0.2) is 0 Å². The number of rotatable bonds is 4. The van der Waals surface area contributed by atoms with Gasteiger partial charge in [-0.2, -0.15) is 6.32 Å². The molecule has 0 heterocycles. The van der Waals surface area contributed by atoms with Crippen molar-refractivity contribution in [3.63, 3.8) is 0 Å². The Hall–Kier alpha value is 0.945. The third-order valence-electron chi connectivity index (χ3n) is 0.762. The maximum atomic E-state index is 8.38. The molecule has 5 heteroatoms. The Labute approximate surface area is 84.1 Å². The fraction of sp³-hybridized carbons (Fsp3) is 1.00. The van der Waals surface area contributed by atoms with Crippen LogP contribution in [-0.2, 0) is 0 Å². The van der Waals surface area contributed by atoms with Gasteiger partial charge in [0.05, 0.1) is 0 Å². The van der Waals surface area contributed by atoms with Gasteiger partial charge in [0.1, 0.15) is 0 Å². The molecule has 0 spiro atoms. The molecule has 0 aromatic carbocycles. The van der Waals surface area contributed by atoms with Crippen molar-refractivity contribution in [3.8, 4) is 0 Å². The second-order valence-corrected chi connectivity index (χ2v) is 1.73. The fourth-order valence-corrected chi connectivity index (χ4v) is 0.362. The van der Waals surface area contributed by atoms with Crippen LogP contribution < -0.4 is 29.6 Å². The molecule has 0 radical (unpaired) electrons. The molecular formula is C5H14BNaO3. The van der Waals surface area contributed by atoms with Crippen molar-refractivity contribution in [2.75, 3.05) is 0 Å². The first-order valence-corrected chi connectivity index (χ1v) is 2.52. The molecule has 0 aliphatic carbocycles.